The normalized spacial score (nSPS) is 9.56. The molecule has 0 N–H and O–H groups in total. The molecular formula is C13H9NO4. The molecule has 2 aromatic rings. The van der Waals surface area contributed by atoms with E-state index >= 15 is 0 Å². The molecular weight excluding hydrogens is 234 g/mol. The molecule has 2 rings (SSSR count). The molecule has 0 unspecified atom stereocenters. The highest BCUT2D eigenvalue weighted by Crippen LogP contribution is 2.27. The van der Waals surface area contributed by atoms with Crippen LogP contribution in [0, 0.1) is 11.3 Å². The van der Waals surface area contributed by atoms with Crippen LogP contribution in [-0.4, -0.2) is 13.1 Å². The largest absolute Gasteiger partial charge is 0.465 e. The van der Waals surface area contributed by atoms with Gasteiger partial charge in [0.15, 0.2) is 0 Å². The predicted octanol–water partition coefficient (Wildman–Crippen LogP) is 2.73. The van der Waals surface area contributed by atoms with Gasteiger partial charge in [-0.3, -0.25) is 0 Å². The molecule has 0 spiro atoms. The van der Waals surface area contributed by atoms with E-state index in [9.17, 15) is 4.79 Å². The maximum Gasteiger partial charge on any atom is 0.341 e. The smallest absolute Gasteiger partial charge is 0.341 e. The van der Waals surface area contributed by atoms with Crippen molar-refractivity contribution in [3.63, 3.8) is 0 Å². The second kappa shape index (κ2) is 5.06. The summed E-state index contributed by atoms with van der Waals surface area (Å²) in [6.07, 6.45) is 0. The van der Waals surface area contributed by atoms with Crippen LogP contribution in [0.3, 0.4) is 0 Å². The van der Waals surface area contributed by atoms with Crippen LogP contribution in [0.25, 0.3) is 0 Å². The van der Waals surface area contributed by atoms with Gasteiger partial charge in [0, 0.05) is 6.07 Å². The number of carbonyl (C=O) groups excluding carboxylic acids is 1. The summed E-state index contributed by atoms with van der Waals surface area (Å²) in [5, 5.41) is 8.62. The lowest BCUT2D eigenvalue weighted by Crippen LogP contribution is -2.03. The fourth-order valence-electron chi connectivity index (χ4n) is 1.38. The molecule has 1 heterocycles. The van der Waals surface area contributed by atoms with Crippen LogP contribution in [0.15, 0.2) is 40.8 Å². The van der Waals surface area contributed by atoms with Crippen LogP contribution in [0.4, 0.5) is 0 Å². The van der Waals surface area contributed by atoms with Crippen molar-refractivity contribution in [1.29, 1.82) is 5.26 Å². The van der Waals surface area contributed by atoms with Gasteiger partial charge in [-0.25, -0.2) is 4.79 Å². The van der Waals surface area contributed by atoms with Crippen molar-refractivity contribution in [2.24, 2.45) is 0 Å². The highest BCUT2D eigenvalue weighted by atomic mass is 16.6. The minimum Gasteiger partial charge on any atom is -0.465 e. The van der Waals surface area contributed by atoms with Crippen LogP contribution in [-0.2, 0) is 4.74 Å². The highest BCUT2D eigenvalue weighted by molar-refractivity contribution is 5.92. The van der Waals surface area contributed by atoms with Gasteiger partial charge in [-0.05, 0) is 18.2 Å². The number of furan rings is 1. The number of carbonyl (C=O) groups is 1. The van der Waals surface area contributed by atoms with Gasteiger partial charge in [-0.1, -0.05) is 12.1 Å². The van der Waals surface area contributed by atoms with Crippen LogP contribution in [0.2, 0.25) is 0 Å². The Hall–Kier alpha value is -2.74. The van der Waals surface area contributed by atoms with E-state index in [0.717, 1.165) is 0 Å². The number of para-hydroxylation sites is 1. The van der Waals surface area contributed by atoms with Gasteiger partial charge in [0.05, 0.1) is 7.11 Å². The number of rotatable bonds is 3. The summed E-state index contributed by atoms with van der Waals surface area (Å²) in [5.41, 5.74) is 0.287. The maximum absolute atomic E-state index is 11.5. The Morgan fingerprint density at radius 1 is 1.28 bits per heavy atom. The second-order valence-electron chi connectivity index (χ2n) is 3.32. The summed E-state index contributed by atoms with van der Waals surface area (Å²) in [6.45, 7) is 0. The molecule has 0 saturated heterocycles. The van der Waals surface area contributed by atoms with Crippen LogP contribution in [0.5, 0.6) is 11.7 Å². The molecule has 0 amide bonds. The number of hydrogen-bond acceptors (Lipinski definition) is 5. The summed E-state index contributed by atoms with van der Waals surface area (Å²) in [4.78, 5) is 11.5. The lowest BCUT2D eigenvalue weighted by molar-refractivity contribution is 0.0597. The number of esters is 1. The zero-order chi connectivity index (χ0) is 13.0. The Morgan fingerprint density at radius 2 is 2.06 bits per heavy atom. The molecule has 0 aliphatic carbocycles. The van der Waals surface area contributed by atoms with Gasteiger partial charge in [0.1, 0.15) is 17.4 Å². The molecule has 0 saturated carbocycles. The molecule has 0 radical (unpaired) electrons. The monoisotopic (exact) mass is 243 g/mol. The summed E-state index contributed by atoms with van der Waals surface area (Å²) in [5.74, 6) is 0.0873. The lowest BCUT2D eigenvalue weighted by Gasteiger charge is -2.06. The topological polar surface area (TPSA) is 72.5 Å². The van der Waals surface area contributed by atoms with Gasteiger partial charge in [-0.2, -0.15) is 5.26 Å². The van der Waals surface area contributed by atoms with E-state index in [2.05, 4.69) is 4.74 Å². The van der Waals surface area contributed by atoms with E-state index in [1.165, 1.54) is 19.2 Å². The highest BCUT2D eigenvalue weighted by Gasteiger charge is 2.14. The minimum absolute atomic E-state index is 0.139. The third-order valence-electron chi connectivity index (χ3n) is 2.19. The first kappa shape index (κ1) is 11.7. The van der Waals surface area contributed by atoms with E-state index in [0.29, 0.717) is 5.75 Å². The van der Waals surface area contributed by atoms with Gasteiger partial charge in [-0.15, -0.1) is 0 Å². The van der Waals surface area contributed by atoms with Crippen molar-refractivity contribution in [3.8, 4) is 17.8 Å². The molecule has 0 aliphatic heterocycles. The fraction of sp³-hybridized carbons (Fsp3) is 0.0769. The zero-order valence-electron chi connectivity index (χ0n) is 9.54. The van der Waals surface area contributed by atoms with Crippen molar-refractivity contribution in [1.82, 2.24) is 0 Å². The summed E-state index contributed by atoms with van der Waals surface area (Å²) in [6, 6.07) is 11.4. The quantitative estimate of drug-likeness (QED) is 0.775. The first-order valence-electron chi connectivity index (χ1n) is 5.09. The number of nitriles is 1. The molecule has 90 valence electrons. The van der Waals surface area contributed by atoms with Crippen molar-refractivity contribution in [2.75, 3.05) is 7.11 Å². The molecule has 1 aromatic heterocycles. The van der Waals surface area contributed by atoms with Crippen molar-refractivity contribution in [2.45, 2.75) is 0 Å². The van der Waals surface area contributed by atoms with Crippen molar-refractivity contribution in [3.05, 3.63) is 47.7 Å². The standard InChI is InChI=1S/C13H9NO4/c1-16-13(15)10-4-2-3-5-11(10)18-12-7-6-9(8-14)17-12/h2-7H,1H3. The molecule has 0 aliphatic rings. The van der Waals surface area contributed by atoms with E-state index in [4.69, 9.17) is 14.4 Å². The van der Waals surface area contributed by atoms with Crippen LogP contribution in [0.1, 0.15) is 16.1 Å². The summed E-state index contributed by atoms with van der Waals surface area (Å²) < 4.78 is 15.1. The Kier molecular flexibility index (Phi) is 3.30. The molecule has 0 atom stereocenters. The Balaban J connectivity index is 2.29. The summed E-state index contributed by atoms with van der Waals surface area (Å²) in [7, 11) is 1.29. The number of methoxy groups -OCH3 is 1. The van der Waals surface area contributed by atoms with Gasteiger partial charge < -0.3 is 13.9 Å². The number of hydrogen-bond donors (Lipinski definition) is 0. The van der Waals surface area contributed by atoms with Crippen molar-refractivity contribution >= 4 is 5.97 Å². The van der Waals surface area contributed by atoms with E-state index in [1.807, 2.05) is 6.07 Å². The number of nitrogens with zero attached hydrogens (tertiary/aromatic N) is 1. The van der Waals surface area contributed by atoms with Crippen LogP contribution < -0.4 is 4.74 Å². The van der Waals surface area contributed by atoms with E-state index in [1.54, 1.807) is 24.3 Å². The lowest BCUT2D eigenvalue weighted by atomic mass is 10.2. The van der Waals surface area contributed by atoms with Crippen LogP contribution >= 0.6 is 0 Å². The third kappa shape index (κ3) is 2.33. The van der Waals surface area contributed by atoms with Gasteiger partial charge in [0.2, 0.25) is 5.76 Å². The van der Waals surface area contributed by atoms with E-state index in [-0.39, 0.29) is 17.3 Å². The van der Waals surface area contributed by atoms with Gasteiger partial charge >= 0.3 is 5.97 Å². The zero-order valence-corrected chi connectivity index (χ0v) is 9.54. The molecule has 0 fully saturated rings. The molecule has 5 nitrogen and oxygen atoms in total. The van der Waals surface area contributed by atoms with Crippen molar-refractivity contribution < 1.29 is 18.7 Å². The first-order valence-corrected chi connectivity index (χ1v) is 5.09. The number of ether oxygens (including phenoxy) is 2. The minimum atomic E-state index is -0.502. The molecule has 0 bridgehead atoms. The third-order valence-corrected chi connectivity index (χ3v) is 2.19. The Bertz CT molecular complexity index is 609. The first-order chi connectivity index (χ1) is 8.74. The molecule has 18 heavy (non-hydrogen) atoms. The Labute approximate surface area is 103 Å². The average molecular weight is 243 g/mol. The second-order valence-corrected chi connectivity index (χ2v) is 3.32. The number of benzene rings is 1. The Morgan fingerprint density at radius 3 is 2.72 bits per heavy atom. The molecule has 1 aromatic carbocycles. The summed E-state index contributed by atoms with van der Waals surface area (Å²) >= 11 is 0. The average Bonchev–Trinajstić information content (AvgIpc) is 2.86. The fourth-order valence-corrected chi connectivity index (χ4v) is 1.38. The maximum atomic E-state index is 11.5. The van der Waals surface area contributed by atoms with Gasteiger partial charge in [0.25, 0.3) is 5.95 Å². The predicted molar refractivity (Wildman–Crippen MR) is 61.3 cm³/mol. The SMILES string of the molecule is COC(=O)c1ccccc1Oc1ccc(C#N)o1. The molecule has 5 heteroatoms. The van der Waals surface area contributed by atoms with E-state index < -0.39 is 5.97 Å².